The summed E-state index contributed by atoms with van der Waals surface area (Å²) in [7, 11) is 0. The zero-order valence-electron chi connectivity index (χ0n) is 14.5. The second-order valence-corrected chi connectivity index (χ2v) is 7.38. The summed E-state index contributed by atoms with van der Waals surface area (Å²) < 4.78 is 0. The molecule has 1 amide bonds. The Balaban J connectivity index is 2.30. The fourth-order valence-corrected chi connectivity index (χ4v) is 2.49. The van der Waals surface area contributed by atoms with Crippen LogP contribution in [-0.2, 0) is 11.3 Å². The van der Waals surface area contributed by atoms with Gasteiger partial charge in [-0.05, 0) is 31.4 Å². The maximum Gasteiger partial charge on any atom is 0.258 e. The number of benzene rings is 1. The van der Waals surface area contributed by atoms with Crippen molar-refractivity contribution in [3.63, 3.8) is 0 Å². The van der Waals surface area contributed by atoms with E-state index in [1.54, 1.807) is 11.0 Å². The van der Waals surface area contributed by atoms with Crippen molar-refractivity contribution in [2.24, 2.45) is 5.41 Å². The number of aromatic nitrogens is 2. The van der Waals surface area contributed by atoms with Crippen LogP contribution in [0.4, 0.5) is 0 Å². The lowest BCUT2D eigenvalue weighted by atomic mass is 9.91. The van der Waals surface area contributed by atoms with Crippen LogP contribution in [0, 0.1) is 5.41 Å². The van der Waals surface area contributed by atoms with Gasteiger partial charge in [-0.1, -0.05) is 32.9 Å². The van der Waals surface area contributed by atoms with Gasteiger partial charge in [0.1, 0.15) is 5.82 Å². The molecule has 2 aromatic rings. The molecule has 0 aliphatic rings. The molecule has 23 heavy (non-hydrogen) atoms. The van der Waals surface area contributed by atoms with Gasteiger partial charge in [-0.2, -0.15) is 0 Å². The topological polar surface area (TPSA) is 66.1 Å². The molecule has 0 fully saturated rings. The van der Waals surface area contributed by atoms with E-state index in [4.69, 9.17) is 0 Å². The molecular formula is C18H25N3O2. The third-order valence-corrected chi connectivity index (χ3v) is 3.61. The number of rotatable bonds is 4. The highest BCUT2D eigenvalue weighted by atomic mass is 16.2. The molecule has 1 N–H and O–H groups in total. The van der Waals surface area contributed by atoms with E-state index >= 15 is 0 Å². The fourth-order valence-electron chi connectivity index (χ4n) is 2.49. The Hall–Kier alpha value is -2.17. The Bertz CT molecular complexity index is 757. The van der Waals surface area contributed by atoms with Gasteiger partial charge in [-0.15, -0.1) is 0 Å². The molecule has 0 atom stereocenters. The zero-order chi connectivity index (χ0) is 17.2. The summed E-state index contributed by atoms with van der Waals surface area (Å²) in [5, 5.41) is 0.563. The van der Waals surface area contributed by atoms with E-state index in [-0.39, 0.29) is 22.9 Å². The summed E-state index contributed by atoms with van der Waals surface area (Å²) in [4.78, 5) is 33.8. The van der Waals surface area contributed by atoms with E-state index in [0.717, 1.165) is 0 Å². The Morgan fingerprint density at radius 1 is 1.26 bits per heavy atom. The van der Waals surface area contributed by atoms with Gasteiger partial charge in [-0.3, -0.25) is 9.59 Å². The minimum absolute atomic E-state index is 0.0432. The number of carbonyl (C=O) groups is 1. The molecule has 1 aromatic carbocycles. The molecule has 124 valence electrons. The summed E-state index contributed by atoms with van der Waals surface area (Å²) in [6, 6.07) is 7.26. The largest absolute Gasteiger partial charge is 0.333 e. The molecule has 0 aliphatic heterocycles. The van der Waals surface area contributed by atoms with Gasteiger partial charge in [0.15, 0.2) is 0 Å². The maximum absolute atomic E-state index is 12.6. The van der Waals surface area contributed by atoms with Crippen LogP contribution in [0.1, 0.15) is 46.9 Å². The number of hydrogen-bond donors (Lipinski definition) is 1. The number of carbonyl (C=O) groups excluding carboxylic acids is 1. The lowest BCUT2D eigenvalue weighted by Crippen LogP contribution is -2.39. The molecule has 2 rings (SSSR count). The molecule has 1 aromatic heterocycles. The number of nitrogens with one attached hydrogen (secondary N) is 1. The van der Waals surface area contributed by atoms with Gasteiger partial charge in [0.2, 0.25) is 5.91 Å². The van der Waals surface area contributed by atoms with Crippen molar-refractivity contribution in [2.45, 2.75) is 53.6 Å². The highest BCUT2D eigenvalue weighted by Crippen LogP contribution is 2.21. The van der Waals surface area contributed by atoms with Gasteiger partial charge in [0.25, 0.3) is 5.56 Å². The van der Waals surface area contributed by atoms with E-state index in [1.807, 2.05) is 52.8 Å². The third-order valence-electron chi connectivity index (χ3n) is 3.61. The van der Waals surface area contributed by atoms with Crippen molar-refractivity contribution < 1.29 is 4.79 Å². The van der Waals surface area contributed by atoms with Crippen molar-refractivity contribution in [3.05, 3.63) is 40.4 Å². The van der Waals surface area contributed by atoms with Gasteiger partial charge < -0.3 is 9.88 Å². The summed E-state index contributed by atoms with van der Waals surface area (Å²) in [6.45, 7) is 10.4. The first kappa shape index (κ1) is 17.2. The molecule has 0 saturated heterocycles. The molecule has 0 spiro atoms. The van der Waals surface area contributed by atoms with E-state index in [9.17, 15) is 9.59 Å². The average molecular weight is 315 g/mol. The first-order chi connectivity index (χ1) is 10.7. The van der Waals surface area contributed by atoms with Crippen LogP contribution in [0.25, 0.3) is 10.9 Å². The molecule has 5 heteroatoms. The van der Waals surface area contributed by atoms with E-state index < -0.39 is 0 Å². The smallest absolute Gasteiger partial charge is 0.258 e. The van der Waals surface area contributed by atoms with Crippen LogP contribution in [0.5, 0.6) is 0 Å². The minimum Gasteiger partial charge on any atom is -0.333 e. The van der Waals surface area contributed by atoms with Crippen molar-refractivity contribution >= 4 is 16.8 Å². The fraction of sp³-hybridized carbons (Fsp3) is 0.500. The molecule has 0 aliphatic carbocycles. The van der Waals surface area contributed by atoms with Gasteiger partial charge in [0.05, 0.1) is 17.4 Å². The third kappa shape index (κ3) is 4.41. The van der Waals surface area contributed by atoms with Crippen LogP contribution < -0.4 is 5.56 Å². The van der Waals surface area contributed by atoms with Crippen molar-refractivity contribution in [2.75, 3.05) is 0 Å². The summed E-state index contributed by atoms with van der Waals surface area (Å²) in [5.74, 6) is 0.591. The number of aromatic amines is 1. The number of fused-ring (bicyclic) bond motifs is 1. The summed E-state index contributed by atoms with van der Waals surface area (Å²) >= 11 is 0. The number of H-pyrrole nitrogens is 1. The van der Waals surface area contributed by atoms with Crippen LogP contribution in [0.15, 0.2) is 29.1 Å². The molecule has 0 saturated carbocycles. The molecule has 5 nitrogen and oxygen atoms in total. The minimum atomic E-state index is -0.169. The first-order valence-corrected chi connectivity index (χ1v) is 7.95. The molecular weight excluding hydrogens is 290 g/mol. The zero-order valence-corrected chi connectivity index (χ0v) is 14.5. The lowest BCUT2D eigenvalue weighted by Gasteiger charge is -2.29. The average Bonchev–Trinajstić information content (AvgIpc) is 2.42. The second-order valence-electron chi connectivity index (χ2n) is 7.38. The maximum atomic E-state index is 12.6. The van der Waals surface area contributed by atoms with Gasteiger partial charge in [-0.25, -0.2) is 4.98 Å². The Kier molecular flexibility index (Phi) is 4.88. The number of para-hydroxylation sites is 1. The van der Waals surface area contributed by atoms with Gasteiger partial charge >= 0.3 is 0 Å². The predicted molar refractivity (Wildman–Crippen MR) is 92.1 cm³/mol. The molecule has 0 radical (unpaired) electrons. The molecule has 0 bridgehead atoms. The van der Waals surface area contributed by atoms with Crippen molar-refractivity contribution in [1.29, 1.82) is 0 Å². The van der Waals surface area contributed by atoms with Crippen molar-refractivity contribution in [3.8, 4) is 0 Å². The highest BCUT2D eigenvalue weighted by Gasteiger charge is 2.24. The second kappa shape index (κ2) is 6.52. The number of hydrogen-bond acceptors (Lipinski definition) is 3. The normalized spacial score (nSPS) is 11.9. The van der Waals surface area contributed by atoms with Crippen LogP contribution in [-0.4, -0.2) is 26.8 Å². The highest BCUT2D eigenvalue weighted by molar-refractivity contribution is 5.78. The van der Waals surface area contributed by atoms with Crippen LogP contribution in [0.2, 0.25) is 0 Å². The SMILES string of the molecule is CC(C)N(Cc1nc2ccccc2c(=O)[nH]1)C(=O)CC(C)(C)C. The summed E-state index contributed by atoms with van der Waals surface area (Å²) in [6.07, 6.45) is 0.461. The Morgan fingerprint density at radius 3 is 2.52 bits per heavy atom. The van der Waals surface area contributed by atoms with E-state index in [0.29, 0.717) is 29.7 Å². The van der Waals surface area contributed by atoms with Crippen LogP contribution >= 0.6 is 0 Å². The predicted octanol–water partition coefficient (Wildman–Crippen LogP) is 3.10. The number of nitrogens with zero attached hydrogens (tertiary/aromatic N) is 2. The quantitative estimate of drug-likeness (QED) is 0.943. The standard InChI is InChI=1S/C18H25N3O2/c1-12(2)21(16(22)10-18(3,4)5)11-15-19-14-9-7-6-8-13(14)17(23)20-15/h6-9,12H,10-11H2,1-5H3,(H,19,20,23). The van der Waals surface area contributed by atoms with E-state index in [1.165, 1.54) is 0 Å². The Labute approximate surface area is 136 Å². The summed E-state index contributed by atoms with van der Waals surface area (Å²) in [5.41, 5.74) is 0.407. The van der Waals surface area contributed by atoms with Crippen molar-refractivity contribution in [1.82, 2.24) is 14.9 Å². The first-order valence-electron chi connectivity index (χ1n) is 7.95. The lowest BCUT2D eigenvalue weighted by molar-refractivity contribution is -0.135. The molecule has 1 heterocycles. The monoisotopic (exact) mass is 315 g/mol. The van der Waals surface area contributed by atoms with E-state index in [2.05, 4.69) is 9.97 Å². The number of amides is 1. The molecule has 0 unspecified atom stereocenters. The van der Waals surface area contributed by atoms with Crippen LogP contribution in [0.3, 0.4) is 0 Å². The van der Waals surface area contributed by atoms with Gasteiger partial charge in [0, 0.05) is 12.5 Å². The Morgan fingerprint density at radius 2 is 1.91 bits per heavy atom.